The molecule has 2 saturated heterocycles. The number of benzene rings is 2. The molecular formula is C42H36F2N12O2. The van der Waals surface area contributed by atoms with Crippen LogP contribution in [0.4, 0.5) is 43.4 Å². The summed E-state index contributed by atoms with van der Waals surface area (Å²) in [5, 5.41) is 13.8. The van der Waals surface area contributed by atoms with Gasteiger partial charge in [-0.25, -0.2) is 39.0 Å². The van der Waals surface area contributed by atoms with Gasteiger partial charge in [-0.1, -0.05) is 0 Å². The number of pyridine rings is 2. The smallest absolute Gasteiger partial charge is 0.267 e. The zero-order valence-electron chi connectivity index (χ0n) is 31.1. The number of rotatable bonds is 9. The highest BCUT2D eigenvalue weighted by molar-refractivity contribution is 5.76. The Morgan fingerprint density at radius 2 is 0.897 bits per heavy atom. The fraction of sp³-hybridized carbons (Fsp3) is 0.190. The molecule has 0 saturated carbocycles. The average Bonchev–Trinajstić information content (AvgIpc) is 3.91. The third-order valence-electron chi connectivity index (χ3n) is 10.4. The van der Waals surface area contributed by atoms with Crippen molar-refractivity contribution < 1.29 is 18.3 Å². The highest BCUT2D eigenvalue weighted by atomic mass is 19.1. The summed E-state index contributed by atoms with van der Waals surface area (Å²) in [5.41, 5.74) is 6.34. The second-order valence-electron chi connectivity index (χ2n) is 13.8. The summed E-state index contributed by atoms with van der Waals surface area (Å²) in [6, 6.07) is 30.1. The van der Waals surface area contributed by atoms with E-state index in [0.29, 0.717) is 71.4 Å². The number of hydrazine groups is 1. The molecule has 0 bridgehead atoms. The van der Waals surface area contributed by atoms with Crippen LogP contribution in [0, 0.1) is 11.9 Å². The van der Waals surface area contributed by atoms with E-state index in [-0.39, 0.29) is 11.9 Å². The molecule has 2 aromatic carbocycles. The van der Waals surface area contributed by atoms with Gasteiger partial charge < -0.3 is 19.3 Å². The summed E-state index contributed by atoms with van der Waals surface area (Å²) in [7, 11) is 0. The van der Waals surface area contributed by atoms with Crippen LogP contribution in [-0.2, 0) is 9.47 Å². The van der Waals surface area contributed by atoms with Crippen LogP contribution in [0.1, 0.15) is 0 Å². The largest absolute Gasteiger partial charge is 0.378 e. The molecule has 58 heavy (non-hydrogen) atoms. The first-order valence-electron chi connectivity index (χ1n) is 19.0. The van der Waals surface area contributed by atoms with Crippen LogP contribution < -0.4 is 19.8 Å². The van der Waals surface area contributed by atoms with Gasteiger partial charge in [-0.15, -0.1) is 10.2 Å². The van der Waals surface area contributed by atoms with Gasteiger partial charge in [-0.3, -0.25) is 0 Å². The van der Waals surface area contributed by atoms with Crippen LogP contribution in [0.25, 0.3) is 33.5 Å². The maximum atomic E-state index is 15.2. The number of fused-ring (bicyclic) bond motifs is 2. The standard InChI is InChI=1S/C42H36F2N12O2/c43-39-35(3-1-17-45-39)37-15-13-33-27-47-41(49-53(33)37)55(31-9-5-29(6-10-31)51-19-23-57-24-20-51)56(32-11-7-30(8-12-32)52-21-25-58-26-22-52)42-48-28-34-14-16-38(54(34)50-42)36-4-2-18-46-40(36)44/h1-18,27-28H,19-26H2. The Labute approximate surface area is 331 Å². The number of anilines is 6. The van der Waals surface area contributed by atoms with E-state index < -0.39 is 11.9 Å². The topological polar surface area (TPSA) is 118 Å². The number of hydrogen-bond donors (Lipinski definition) is 0. The van der Waals surface area contributed by atoms with Crippen molar-refractivity contribution in [1.29, 1.82) is 0 Å². The van der Waals surface area contributed by atoms with E-state index >= 15 is 8.78 Å². The van der Waals surface area contributed by atoms with E-state index in [1.807, 2.05) is 46.4 Å². The fourth-order valence-corrected chi connectivity index (χ4v) is 7.44. The highest BCUT2D eigenvalue weighted by Gasteiger charge is 2.29. The Bertz CT molecular complexity index is 2530. The zero-order valence-corrected chi connectivity index (χ0v) is 31.1. The number of nitrogens with zero attached hydrogens (tertiary/aromatic N) is 12. The lowest BCUT2D eigenvalue weighted by Crippen LogP contribution is -2.39. The summed E-state index contributed by atoms with van der Waals surface area (Å²) in [6.45, 7) is 5.70. The molecule has 8 heterocycles. The van der Waals surface area contributed by atoms with Crippen molar-refractivity contribution in [2.75, 3.05) is 72.4 Å². The van der Waals surface area contributed by atoms with E-state index in [9.17, 15) is 0 Å². The maximum absolute atomic E-state index is 15.2. The Morgan fingerprint density at radius 1 is 0.483 bits per heavy atom. The second kappa shape index (κ2) is 15.1. The summed E-state index contributed by atoms with van der Waals surface area (Å²) in [5.74, 6) is -0.760. The number of aromatic nitrogens is 8. The van der Waals surface area contributed by atoms with Gasteiger partial charge in [0.25, 0.3) is 11.9 Å². The average molecular weight is 779 g/mol. The third-order valence-corrected chi connectivity index (χ3v) is 10.4. The SMILES string of the molecule is Fc1ncccc1-c1ccc2cnc(N(c3ccc(N4CCOCC4)cc3)N(c3ccc(N4CCOCC4)cc3)c3ncc4ccc(-c5cccnc5F)n4n3)nn12. The minimum Gasteiger partial charge on any atom is -0.378 e. The van der Waals surface area contributed by atoms with Gasteiger partial charge in [-0.2, -0.15) is 8.78 Å². The fourth-order valence-electron chi connectivity index (χ4n) is 7.44. The van der Waals surface area contributed by atoms with Gasteiger partial charge in [0.1, 0.15) is 0 Å². The summed E-state index contributed by atoms with van der Waals surface area (Å²) in [6.07, 6.45) is 6.20. The molecule has 14 nitrogen and oxygen atoms in total. The van der Waals surface area contributed by atoms with E-state index in [1.54, 1.807) is 57.8 Å². The number of hydrogen-bond acceptors (Lipinski definition) is 12. The summed E-state index contributed by atoms with van der Waals surface area (Å²) < 4.78 is 44.8. The molecule has 6 aromatic heterocycles. The Morgan fingerprint density at radius 3 is 1.29 bits per heavy atom. The van der Waals surface area contributed by atoms with Gasteiger partial charge in [0.2, 0.25) is 11.9 Å². The van der Waals surface area contributed by atoms with E-state index in [2.05, 4.69) is 44.0 Å². The van der Waals surface area contributed by atoms with Crippen LogP contribution >= 0.6 is 0 Å². The van der Waals surface area contributed by atoms with Crippen molar-refractivity contribution in [2.24, 2.45) is 0 Å². The van der Waals surface area contributed by atoms with Gasteiger partial charge in [0.05, 0.1) is 83.7 Å². The zero-order chi connectivity index (χ0) is 39.0. The molecule has 8 aromatic rings. The first-order chi connectivity index (χ1) is 28.6. The molecule has 0 unspecified atom stereocenters. The Kier molecular flexibility index (Phi) is 9.23. The number of halogens is 2. The lowest BCUT2D eigenvalue weighted by Gasteiger charge is -2.35. The molecule has 0 radical (unpaired) electrons. The molecule has 10 rings (SSSR count). The van der Waals surface area contributed by atoms with Crippen LogP contribution in [0.15, 0.2) is 122 Å². The maximum Gasteiger partial charge on any atom is 0.267 e. The van der Waals surface area contributed by atoms with Crippen LogP contribution in [0.3, 0.4) is 0 Å². The molecule has 2 aliphatic heterocycles. The molecule has 16 heteroatoms. The van der Waals surface area contributed by atoms with Gasteiger partial charge in [0, 0.05) is 49.9 Å². The number of morpholine rings is 2. The van der Waals surface area contributed by atoms with E-state index in [1.165, 1.54) is 12.4 Å². The molecule has 0 atom stereocenters. The molecule has 290 valence electrons. The summed E-state index contributed by atoms with van der Waals surface area (Å²) >= 11 is 0. The van der Waals surface area contributed by atoms with Crippen molar-refractivity contribution >= 4 is 45.7 Å². The lowest BCUT2D eigenvalue weighted by atomic mass is 10.2. The second-order valence-corrected chi connectivity index (χ2v) is 13.8. The van der Waals surface area contributed by atoms with Crippen LogP contribution in [0.2, 0.25) is 0 Å². The van der Waals surface area contributed by atoms with Crippen LogP contribution in [0.5, 0.6) is 0 Å². The van der Waals surface area contributed by atoms with Crippen molar-refractivity contribution in [3.63, 3.8) is 0 Å². The number of ether oxygens (including phenoxy) is 2. The first kappa shape index (κ1) is 35.4. The highest BCUT2D eigenvalue weighted by Crippen LogP contribution is 2.37. The normalized spacial score (nSPS) is 14.7. The van der Waals surface area contributed by atoms with E-state index in [0.717, 1.165) is 37.6 Å². The van der Waals surface area contributed by atoms with E-state index in [4.69, 9.17) is 29.6 Å². The summed E-state index contributed by atoms with van der Waals surface area (Å²) in [4.78, 5) is 22.1. The quantitative estimate of drug-likeness (QED) is 0.114. The van der Waals surface area contributed by atoms with Crippen molar-refractivity contribution in [2.45, 2.75) is 0 Å². The molecule has 0 N–H and O–H groups in total. The third kappa shape index (κ3) is 6.57. The molecule has 0 spiro atoms. The minimum atomic E-state index is -0.616. The Balaban J connectivity index is 1.17. The predicted molar refractivity (Wildman–Crippen MR) is 216 cm³/mol. The molecule has 2 aliphatic rings. The molecule has 2 fully saturated rings. The molecule has 0 amide bonds. The van der Waals surface area contributed by atoms with Crippen molar-refractivity contribution in [3.05, 3.63) is 134 Å². The minimum absolute atomic E-state index is 0.236. The van der Waals surface area contributed by atoms with Gasteiger partial charge in [0.15, 0.2) is 0 Å². The molecular weight excluding hydrogens is 743 g/mol. The van der Waals surface area contributed by atoms with Gasteiger partial charge in [-0.05, 0) is 97.1 Å². The van der Waals surface area contributed by atoms with Gasteiger partial charge >= 0.3 is 0 Å². The first-order valence-corrected chi connectivity index (χ1v) is 19.0. The molecule has 0 aliphatic carbocycles. The predicted octanol–water partition coefficient (Wildman–Crippen LogP) is 6.74. The van der Waals surface area contributed by atoms with Crippen molar-refractivity contribution in [3.8, 4) is 22.5 Å². The monoisotopic (exact) mass is 778 g/mol. The van der Waals surface area contributed by atoms with Crippen LogP contribution in [-0.4, -0.2) is 91.8 Å². The Hall–Kier alpha value is -7.04. The lowest BCUT2D eigenvalue weighted by molar-refractivity contribution is 0.122. The van der Waals surface area contributed by atoms with Crippen molar-refractivity contribution in [1.82, 2.24) is 39.2 Å².